The second-order valence-corrected chi connectivity index (χ2v) is 8.43. The number of nitrogens with zero attached hydrogens (tertiary/aromatic N) is 2. The van der Waals surface area contributed by atoms with Crippen molar-refractivity contribution in [3.05, 3.63) is 42.2 Å². The van der Waals surface area contributed by atoms with Crippen molar-refractivity contribution in [3.63, 3.8) is 0 Å². The summed E-state index contributed by atoms with van der Waals surface area (Å²) in [5, 5.41) is 4.78. The Hall–Kier alpha value is -2.63. The van der Waals surface area contributed by atoms with Crippen LogP contribution < -0.4 is 5.32 Å². The number of nitrogens with one attached hydrogen (secondary N) is 1. The van der Waals surface area contributed by atoms with Crippen molar-refractivity contribution >= 4 is 22.8 Å². The van der Waals surface area contributed by atoms with E-state index in [1.807, 2.05) is 56.0 Å². The van der Waals surface area contributed by atoms with Crippen LogP contribution in [0.4, 0.5) is 4.79 Å². The zero-order valence-corrected chi connectivity index (χ0v) is 15.9. The van der Waals surface area contributed by atoms with Crippen LogP contribution in [0.5, 0.6) is 0 Å². The Kier molecular flexibility index (Phi) is 4.29. The molecule has 1 saturated carbocycles. The fourth-order valence-electron chi connectivity index (χ4n) is 3.94. The SMILES string of the molecule is CC(C)(C)OC(=O)N1C(CNC(=O)c2nccc3ccccc23)CC2CC21. The molecule has 4 rings (SSSR count). The molecule has 3 unspecified atom stereocenters. The Balaban J connectivity index is 1.44. The van der Waals surface area contributed by atoms with Crippen molar-refractivity contribution in [3.8, 4) is 0 Å². The lowest BCUT2D eigenvalue weighted by Gasteiger charge is -2.30. The summed E-state index contributed by atoms with van der Waals surface area (Å²) in [5.74, 6) is 0.326. The van der Waals surface area contributed by atoms with Crippen LogP contribution in [0.1, 0.15) is 44.1 Å². The van der Waals surface area contributed by atoms with Gasteiger partial charge in [-0.15, -0.1) is 0 Å². The molecule has 2 fully saturated rings. The zero-order valence-electron chi connectivity index (χ0n) is 15.9. The number of carbonyl (C=O) groups is 2. The second-order valence-electron chi connectivity index (χ2n) is 8.43. The van der Waals surface area contributed by atoms with Gasteiger partial charge in [0.05, 0.1) is 6.04 Å². The van der Waals surface area contributed by atoms with Crippen LogP contribution in [0, 0.1) is 5.92 Å². The van der Waals surface area contributed by atoms with Gasteiger partial charge in [-0.2, -0.15) is 0 Å². The van der Waals surface area contributed by atoms with E-state index in [1.165, 1.54) is 0 Å². The summed E-state index contributed by atoms with van der Waals surface area (Å²) in [6, 6.07) is 9.82. The first-order chi connectivity index (χ1) is 12.8. The maximum atomic E-state index is 12.7. The predicted molar refractivity (Wildman–Crippen MR) is 102 cm³/mol. The third kappa shape index (κ3) is 3.61. The number of ether oxygens (including phenoxy) is 1. The third-order valence-electron chi connectivity index (χ3n) is 5.20. The van der Waals surface area contributed by atoms with Crippen LogP contribution in [0.15, 0.2) is 36.5 Å². The van der Waals surface area contributed by atoms with Gasteiger partial charge in [0.15, 0.2) is 0 Å². The number of carbonyl (C=O) groups excluding carboxylic acids is 2. The molecular weight excluding hydrogens is 342 g/mol. The highest BCUT2D eigenvalue weighted by molar-refractivity contribution is 6.05. The molecular formula is C21H25N3O3. The molecule has 142 valence electrons. The van der Waals surface area contributed by atoms with Crippen molar-refractivity contribution in [1.29, 1.82) is 0 Å². The number of rotatable bonds is 3. The Morgan fingerprint density at radius 2 is 2.00 bits per heavy atom. The molecule has 0 spiro atoms. The fourth-order valence-corrected chi connectivity index (χ4v) is 3.94. The lowest BCUT2D eigenvalue weighted by Crippen LogP contribution is -2.47. The van der Waals surface area contributed by atoms with Crippen molar-refractivity contribution in [1.82, 2.24) is 15.2 Å². The Bertz CT molecular complexity index is 884. The van der Waals surface area contributed by atoms with Crippen molar-refractivity contribution in [2.75, 3.05) is 6.54 Å². The average molecular weight is 367 g/mol. The van der Waals surface area contributed by atoms with Crippen LogP contribution in [0.3, 0.4) is 0 Å². The number of aromatic nitrogens is 1. The van der Waals surface area contributed by atoms with E-state index in [9.17, 15) is 9.59 Å². The van der Waals surface area contributed by atoms with Crippen molar-refractivity contribution < 1.29 is 14.3 Å². The van der Waals surface area contributed by atoms with E-state index in [0.29, 0.717) is 18.2 Å². The highest BCUT2D eigenvalue weighted by atomic mass is 16.6. The molecule has 2 aliphatic rings. The Morgan fingerprint density at radius 1 is 1.22 bits per heavy atom. The quantitative estimate of drug-likeness (QED) is 0.903. The number of hydrogen-bond acceptors (Lipinski definition) is 4. The number of likely N-dealkylation sites (tertiary alicyclic amines) is 1. The second kappa shape index (κ2) is 6.51. The van der Waals surface area contributed by atoms with Crippen LogP contribution in [0.2, 0.25) is 0 Å². The molecule has 1 aliphatic heterocycles. The molecule has 2 aromatic rings. The minimum Gasteiger partial charge on any atom is -0.444 e. The molecule has 2 amide bonds. The van der Waals surface area contributed by atoms with Gasteiger partial charge < -0.3 is 15.0 Å². The van der Waals surface area contributed by atoms with E-state index < -0.39 is 5.60 Å². The molecule has 6 heteroatoms. The first kappa shape index (κ1) is 17.8. The van der Waals surface area contributed by atoms with Gasteiger partial charge in [0, 0.05) is 24.2 Å². The van der Waals surface area contributed by atoms with Crippen LogP contribution in [-0.4, -0.2) is 46.1 Å². The summed E-state index contributed by atoms with van der Waals surface area (Å²) in [6.45, 7) is 6.02. The maximum absolute atomic E-state index is 12.7. The summed E-state index contributed by atoms with van der Waals surface area (Å²) >= 11 is 0. The highest BCUT2D eigenvalue weighted by Gasteiger charge is 2.54. The van der Waals surface area contributed by atoms with Gasteiger partial charge in [-0.25, -0.2) is 4.79 Å². The van der Waals surface area contributed by atoms with Crippen molar-refractivity contribution in [2.45, 2.75) is 51.3 Å². The minimum absolute atomic E-state index is 0.0254. The zero-order chi connectivity index (χ0) is 19.2. The first-order valence-corrected chi connectivity index (χ1v) is 9.47. The Morgan fingerprint density at radius 3 is 2.78 bits per heavy atom. The summed E-state index contributed by atoms with van der Waals surface area (Å²) in [5.41, 5.74) is -0.106. The van der Waals surface area contributed by atoms with Crippen LogP contribution >= 0.6 is 0 Å². The Labute approximate surface area is 158 Å². The van der Waals surface area contributed by atoms with Gasteiger partial charge in [-0.05, 0) is 51.0 Å². The van der Waals surface area contributed by atoms with E-state index >= 15 is 0 Å². The lowest BCUT2D eigenvalue weighted by molar-refractivity contribution is 0.0183. The summed E-state index contributed by atoms with van der Waals surface area (Å²) in [6.07, 6.45) is 3.31. The highest BCUT2D eigenvalue weighted by Crippen LogP contribution is 2.48. The molecule has 1 saturated heterocycles. The van der Waals surface area contributed by atoms with Gasteiger partial charge in [-0.3, -0.25) is 9.78 Å². The first-order valence-electron chi connectivity index (χ1n) is 9.47. The van der Waals surface area contributed by atoms with E-state index in [2.05, 4.69) is 10.3 Å². The van der Waals surface area contributed by atoms with Crippen molar-refractivity contribution in [2.24, 2.45) is 5.92 Å². The van der Waals surface area contributed by atoms with Gasteiger partial charge in [0.25, 0.3) is 5.91 Å². The van der Waals surface area contributed by atoms with E-state index in [1.54, 1.807) is 6.20 Å². The standard InChI is InChI=1S/C21H25N3O3/c1-21(2,3)27-20(26)24-15(10-14-11-17(14)24)12-23-19(25)18-16-7-5-4-6-13(16)8-9-22-18/h4-9,14-15,17H,10-12H2,1-3H3,(H,23,25). The molecule has 0 bridgehead atoms. The minimum atomic E-state index is -0.523. The topological polar surface area (TPSA) is 71.5 Å². The average Bonchev–Trinajstić information content (AvgIpc) is 3.27. The van der Waals surface area contributed by atoms with E-state index in [0.717, 1.165) is 23.6 Å². The number of fused-ring (bicyclic) bond motifs is 2. The number of pyridine rings is 1. The number of amides is 2. The molecule has 1 aliphatic carbocycles. The maximum Gasteiger partial charge on any atom is 0.410 e. The summed E-state index contributed by atoms with van der Waals surface area (Å²) in [7, 11) is 0. The lowest BCUT2D eigenvalue weighted by atomic mass is 10.1. The van der Waals surface area contributed by atoms with Gasteiger partial charge >= 0.3 is 6.09 Å². The molecule has 3 atom stereocenters. The van der Waals surface area contributed by atoms with Gasteiger partial charge in [0.1, 0.15) is 11.3 Å². The molecule has 1 aromatic heterocycles. The largest absolute Gasteiger partial charge is 0.444 e. The molecule has 2 heterocycles. The third-order valence-corrected chi connectivity index (χ3v) is 5.20. The molecule has 0 radical (unpaired) electrons. The summed E-state index contributed by atoms with van der Waals surface area (Å²) in [4.78, 5) is 31.4. The molecule has 1 N–H and O–H groups in total. The summed E-state index contributed by atoms with van der Waals surface area (Å²) < 4.78 is 5.56. The van der Waals surface area contributed by atoms with E-state index in [4.69, 9.17) is 4.74 Å². The van der Waals surface area contributed by atoms with Gasteiger partial charge in [-0.1, -0.05) is 24.3 Å². The monoisotopic (exact) mass is 367 g/mol. The molecule has 27 heavy (non-hydrogen) atoms. The van der Waals surface area contributed by atoms with Crippen LogP contribution in [-0.2, 0) is 4.74 Å². The normalized spacial score (nSPS) is 23.8. The van der Waals surface area contributed by atoms with Gasteiger partial charge in [0.2, 0.25) is 0 Å². The van der Waals surface area contributed by atoms with Crippen LogP contribution in [0.25, 0.3) is 10.8 Å². The number of piperidine rings is 1. The van der Waals surface area contributed by atoms with E-state index in [-0.39, 0.29) is 24.1 Å². The molecule has 1 aromatic carbocycles. The predicted octanol–water partition coefficient (Wildman–Crippen LogP) is 3.36. The number of hydrogen-bond donors (Lipinski definition) is 1. The number of benzene rings is 1. The fraction of sp³-hybridized carbons (Fsp3) is 0.476. The molecule has 6 nitrogen and oxygen atoms in total. The smallest absolute Gasteiger partial charge is 0.410 e.